The molecule has 6 aromatic carbocycles. The van der Waals surface area contributed by atoms with Gasteiger partial charge in [-0.3, -0.25) is 14.2 Å². The van der Waals surface area contributed by atoms with Gasteiger partial charge in [-0.1, -0.05) is 159 Å². The minimum absolute atomic E-state index is 0.0513. The summed E-state index contributed by atoms with van der Waals surface area (Å²) in [7, 11) is 1.87. The molecule has 0 spiro atoms. The molecule has 300 valence electrons. The maximum Gasteiger partial charge on any atom is 0.261 e. The average Bonchev–Trinajstić information content (AvgIpc) is 3.95. The number of unbranched alkanes of at least 4 members (excludes halogenated alkanes) is 1. The Labute approximate surface area is 349 Å². The molecule has 0 radical (unpaired) electrons. The van der Waals surface area contributed by atoms with Crippen molar-refractivity contribution in [2.75, 3.05) is 13.7 Å². The molecule has 3 heterocycles. The monoisotopic (exact) mass is 793 g/mol. The minimum atomic E-state index is -0.889. The van der Waals surface area contributed by atoms with Gasteiger partial charge in [0.05, 0.1) is 30.1 Å². The third kappa shape index (κ3) is 7.12. The van der Waals surface area contributed by atoms with Crippen molar-refractivity contribution in [1.29, 1.82) is 0 Å². The summed E-state index contributed by atoms with van der Waals surface area (Å²) in [6.07, 6.45) is 3.01. The molecule has 0 aliphatic carbocycles. The second kappa shape index (κ2) is 16.9. The normalized spacial score (nSPS) is 15.8. The molecular formula is C50H47N7O3. The van der Waals surface area contributed by atoms with Gasteiger partial charge in [-0.15, -0.1) is 5.10 Å². The highest BCUT2D eigenvalue weighted by Gasteiger charge is 2.42. The highest BCUT2D eigenvalue weighted by Crippen LogP contribution is 2.43. The summed E-state index contributed by atoms with van der Waals surface area (Å²) in [5.41, 5.74) is 7.65. The van der Waals surface area contributed by atoms with E-state index in [1.54, 1.807) is 5.06 Å². The lowest BCUT2D eigenvalue weighted by Crippen LogP contribution is -2.39. The quantitative estimate of drug-likeness (QED) is 0.116. The fourth-order valence-electron chi connectivity index (χ4n) is 8.77. The maximum absolute atomic E-state index is 14.4. The summed E-state index contributed by atoms with van der Waals surface area (Å²) in [5, 5.41) is 25.9. The van der Waals surface area contributed by atoms with Crippen LogP contribution in [-0.2, 0) is 23.3 Å². The Balaban J connectivity index is 1.10. The smallest absolute Gasteiger partial charge is 0.261 e. The fraction of sp³-hybridized carbons (Fsp3) is 0.220. The highest BCUT2D eigenvalue weighted by molar-refractivity contribution is 5.81. The number of aryl methyl sites for hydroxylation is 1. The average molecular weight is 794 g/mol. The van der Waals surface area contributed by atoms with Crippen molar-refractivity contribution in [1.82, 2.24) is 34.8 Å². The van der Waals surface area contributed by atoms with Crippen molar-refractivity contribution in [3.8, 4) is 22.5 Å². The van der Waals surface area contributed by atoms with Gasteiger partial charge in [0, 0.05) is 19.0 Å². The van der Waals surface area contributed by atoms with Crippen LogP contribution in [-0.4, -0.2) is 59.7 Å². The third-order valence-electron chi connectivity index (χ3n) is 11.8. The van der Waals surface area contributed by atoms with Gasteiger partial charge in [-0.05, 0) is 74.3 Å². The van der Waals surface area contributed by atoms with E-state index in [-0.39, 0.29) is 24.3 Å². The zero-order valence-corrected chi connectivity index (χ0v) is 33.8. The van der Waals surface area contributed by atoms with Gasteiger partial charge in [-0.2, -0.15) is 5.06 Å². The molecule has 9 rings (SSSR count). The van der Waals surface area contributed by atoms with Gasteiger partial charge in [0.1, 0.15) is 17.5 Å². The summed E-state index contributed by atoms with van der Waals surface area (Å²) >= 11 is 0. The predicted octanol–water partition coefficient (Wildman–Crippen LogP) is 8.62. The Morgan fingerprint density at radius 2 is 1.38 bits per heavy atom. The summed E-state index contributed by atoms with van der Waals surface area (Å²) in [6, 6.07) is 53.7. The van der Waals surface area contributed by atoms with Crippen LogP contribution < -0.4 is 5.56 Å². The van der Waals surface area contributed by atoms with Gasteiger partial charge >= 0.3 is 0 Å². The van der Waals surface area contributed by atoms with E-state index in [0.717, 1.165) is 63.2 Å². The van der Waals surface area contributed by atoms with Crippen LogP contribution in [0, 0.1) is 0 Å². The van der Waals surface area contributed by atoms with E-state index in [9.17, 15) is 9.90 Å². The first kappa shape index (κ1) is 38.9. The lowest BCUT2D eigenvalue weighted by Gasteiger charge is -2.36. The lowest BCUT2D eigenvalue weighted by molar-refractivity contribution is -0.153. The topological polar surface area (TPSA) is 111 Å². The van der Waals surface area contributed by atoms with Gasteiger partial charge in [0.25, 0.3) is 5.56 Å². The van der Waals surface area contributed by atoms with Crippen molar-refractivity contribution in [2.45, 2.75) is 56.8 Å². The summed E-state index contributed by atoms with van der Waals surface area (Å²) < 4.78 is 3.80. The van der Waals surface area contributed by atoms with Crippen molar-refractivity contribution in [2.24, 2.45) is 0 Å². The molecule has 1 aliphatic heterocycles. The summed E-state index contributed by atoms with van der Waals surface area (Å²) in [5.74, 6) is 1.41. The number of hydrogen-bond donors (Lipinski definition) is 1. The van der Waals surface area contributed by atoms with Crippen molar-refractivity contribution in [3.63, 3.8) is 0 Å². The second-order valence-corrected chi connectivity index (χ2v) is 15.5. The Morgan fingerprint density at radius 3 is 1.98 bits per heavy atom. The van der Waals surface area contributed by atoms with Gasteiger partial charge < -0.3 is 5.11 Å². The maximum atomic E-state index is 14.4. The number of aromatic nitrogens is 6. The molecule has 1 fully saturated rings. The SMILES string of the molecule is CCCCc1nc2ccc([C@H]3C[C@@H](CO)ON3C)cc2c(=O)n1Cc1ccc(-c2ccccc2-c2nnnn2C(c2ccccc2)(c2ccccc2)c2ccccc2)cc1. The van der Waals surface area contributed by atoms with E-state index in [1.165, 1.54) is 0 Å². The zero-order chi connectivity index (χ0) is 41.1. The molecule has 10 nitrogen and oxygen atoms in total. The van der Waals surface area contributed by atoms with Crippen LogP contribution in [0.5, 0.6) is 0 Å². The van der Waals surface area contributed by atoms with Crippen LogP contribution in [0.25, 0.3) is 33.4 Å². The summed E-state index contributed by atoms with van der Waals surface area (Å²) in [6.45, 7) is 2.48. The zero-order valence-electron chi connectivity index (χ0n) is 33.8. The third-order valence-corrected chi connectivity index (χ3v) is 11.8. The van der Waals surface area contributed by atoms with E-state index in [1.807, 2.05) is 64.8 Å². The Morgan fingerprint density at radius 1 is 0.767 bits per heavy atom. The number of hydroxylamine groups is 2. The fourth-order valence-corrected chi connectivity index (χ4v) is 8.77. The standard InChI is InChI=1S/C50H47N7O3/c1-3-4-24-47-51-45-30-29-37(46-32-41(34-58)60-55(46)2)31-44(45)49(59)56(47)33-35-25-27-36(28-26-35)42-22-14-15-23-43(42)48-52-53-54-57(48)50(38-16-8-5-9-17-38,39-18-10-6-11-19-39)40-20-12-7-13-21-40/h5-23,25-31,41,46,58H,3-4,24,32-34H2,1-2H3/t41-,46+/m0/s1. The minimum Gasteiger partial charge on any atom is -0.394 e. The largest absolute Gasteiger partial charge is 0.394 e. The molecule has 0 unspecified atom stereocenters. The molecule has 0 bridgehead atoms. The first-order valence-corrected chi connectivity index (χ1v) is 20.7. The predicted molar refractivity (Wildman–Crippen MR) is 234 cm³/mol. The molecule has 0 saturated carbocycles. The number of benzene rings is 6. The Hall–Kier alpha value is -6.59. The number of aliphatic hydroxyl groups excluding tert-OH is 1. The van der Waals surface area contributed by atoms with Crippen molar-refractivity contribution >= 4 is 10.9 Å². The molecular weight excluding hydrogens is 747 g/mol. The number of tetrazole rings is 1. The Kier molecular flexibility index (Phi) is 11.0. The number of rotatable bonds is 13. The van der Waals surface area contributed by atoms with E-state index >= 15 is 0 Å². The van der Waals surface area contributed by atoms with E-state index in [2.05, 4.69) is 121 Å². The first-order chi connectivity index (χ1) is 29.5. The molecule has 10 heteroatoms. The van der Waals surface area contributed by atoms with Crippen LogP contribution in [0.4, 0.5) is 0 Å². The van der Waals surface area contributed by atoms with Crippen molar-refractivity contribution in [3.05, 3.63) is 202 Å². The number of aliphatic hydroxyl groups is 1. The van der Waals surface area contributed by atoms with Crippen LogP contribution in [0.3, 0.4) is 0 Å². The lowest BCUT2D eigenvalue weighted by atomic mass is 9.77. The molecule has 2 aromatic heterocycles. The van der Waals surface area contributed by atoms with Crippen LogP contribution in [0.1, 0.15) is 65.9 Å². The molecule has 0 amide bonds. The van der Waals surface area contributed by atoms with Gasteiger partial charge in [0.2, 0.25) is 0 Å². The van der Waals surface area contributed by atoms with E-state index < -0.39 is 5.54 Å². The molecule has 60 heavy (non-hydrogen) atoms. The van der Waals surface area contributed by atoms with Crippen molar-refractivity contribution < 1.29 is 9.94 Å². The van der Waals surface area contributed by atoms with Crippen LogP contribution >= 0.6 is 0 Å². The van der Waals surface area contributed by atoms with Crippen LogP contribution in [0.15, 0.2) is 163 Å². The first-order valence-electron chi connectivity index (χ1n) is 20.7. The summed E-state index contributed by atoms with van der Waals surface area (Å²) in [4.78, 5) is 25.2. The van der Waals surface area contributed by atoms with E-state index in [0.29, 0.717) is 36.1 Å². The second-order valence-electron chi connectivity index (χ2n) is 15.5. The molecule has 8 aromatic rings. The van der Waals surface area contributed by atoms with Crippen LogP contribution in [0.2, 0.25) is 0 Å². The van der Waals surface area contributed by atoms with E-state index in [4.69, 9.17) is 20.1 Å². The van der Waals surface area contributed by atoms with Gasteiger partial charge in [-0.25, -0.2) is 9.67 Å². The molecule has 2 atom stereocenters. The number of nitrogens with zero attached hydrogens (tertiary/aromatic N) is 7. The van der Waals surface area contributed by atoms with Gasteiger partial charge in [0.15, 0.2) is 5.82 Å². The molecule has 1 aliphatic rings. The highest BCUT2D eigenvalue weighted by atomic mass is 16.7. The Bertz CT molecular complexity index is 2680. The number of fused-ring (bicyclic) bond motifs is 1. The molecule has 1 N–H and O–H groups in total. The molecule has 1 saturated heterocycles. The number of hydrogen-bond acceptors (Lipinski definition) is 8.